The number of amides is 1. The zero-order valence-corrected chi connectivity index (χ0v) is 11.7. The number of rotatable bonds is 5. The van der Waals surface area contributed by atoms with Gasteiger partial charge in [0.25, 0.3) is 0 Å². The van der Waals surface area contributed by atoms with Crippen LogP contribution < -0.4 is 11.1 Å². The van der Waals surface area contributed by atoms with Crippen molar-refractivity contribution < 1.29 is 4.79 Å². The van der Waals surface area contributed by atoms with Crippen LogP contribution in [0.25, 0.3) is 0 Å². The fraction of sp³-hybridized carbons (Fsp3) is 0.533. The van der Waals surface area contributed by atoms with Gasteiger partial charge in [-0.05, 0) is 25.8 Å². The van der Waals surface area contributed by atoms with Crippen LogP contribution in [0.2, 0.25) is 0 Å². The smallest absolute Gasteiger partial charge is 0.240 e. The van der Waals surface area contributed by atoms with Crippen molar-refractivity contribution in [3.8, 4) is 0 Å². The van der Waals surface area contributed by atoms with Crippen LogP contribution in [0.4, 0.5) is 0 Å². The lowest BCUT2D eigenvalue weighted by atomic mass is 10.1. The second kappa shape index (κ2) is 6.17. The number of nitrogens with one attached hydrogen (secondary N) is 1. The lowest BCUT2D eigenvalue weighted by Gasteiger charge is -2.19. The predicted octanol–water partition coefficient (Wildman–Crippen LogP) is 1.03. The number of nitrogens with zero attached hydrogens (tertiary/aromatic N) is 1. The minimum absolute atomic E-state index is 0.0657. The number of likely N-dealkylation sites (tertiary alicyclic amines) is 1. The quantitative estimate of drug-likeness (QED) is 0.832. The van der Waals surface area contributed by atoms with Crippen LogP contribution in [0, 0.1) is 6.92 Å². The SMILES string of the molecule is Cc1ccc(CN2CC[C@@H](NC(C)CN)C2=O)cc1. The van der Waals surface area contributed by atoms with Gasteiger partial charge in [-0.2, -0.15) is 0 Å². The van der Waals surface area contributed by atoms with Gasteiger partial charge in [-0.25, -0.2) is 0 Å². The first-order valence-electron chi connectivity index (χ1n) is 6.90. The third-order valence-electron chi connectivity index (χ3n) is 3.63. The molecule has 3 N–H and O–H groups in total. The van der Waals surface area contributed by atoms with E-state index < -0.39 is 0 Å². The lowest BCUT2D eigenvalue weighted by Crippen LogP contribution is -2.45. The van der Waals surface area contributed by atoms with Crippen LogP contribution in [-0.2, 0) is 11.3 Å². The van der Waals surface area contributed by atoms with Gasteiger partial charge < -0.3 is 16.0 Å². The molecule has 0 spiro atoms. The highest BCUT2D eigenvalue weighted by atomic mass is 16.2. The average Bonchev–Trinajstić information content (AvgIpc) is 2.74. The van der Waals surface area contributed by atoms with Crippen LogP contribution in [-0.4, -0.2) is 36.0 Å². The first kappa shape index (κ1) is 14.0. The van der Waals surface area contributed by atoms with Crippen molar-refractivity contribution in [2.75, 3.05) is 13.1 Å². The van der Waals surface area contributed by atoms with Crippen molar-refractivity contribution >= 4 is 5.91 Å². The van der Waals surface area contributed by atoms with E-state index >= 15 is 0 Å². The Morgan fingerprint density at radius 3 is 2.74 bits per heavy atom. The number of carbonyl (C=O) groups is 1. The molecule has 1 heterocycles. The highest BCUT2D eigenvalue weighted by Crippen LogP contribution is 2.16. The fourth-order valence-corrected chi connectivity index (χ4v) is 2.38. The molecule has 19 heavy (non-hydrogen) atoms. The number of aryl methyl sites for hydroxylation is 1. The summed E-state index contributed by atoms with van der Waals surface area (Å²) in [5, 5.41) is 3.29. The number of benzene rings is 1. The Bertz CT molecular complexity index is 430. The van der Waals surface area contributed by atoms with Gasteiger partial charge in [0, 0.05) is 25.7 Å². The summed E-state index contributed by atoms with van der Waals surface area (Å²) < 4.78 is 0. The largest absolute Gasteiger partial charge is 0.337 e. The summed E-state index contributed by atoms with van der Waals surface area (Å²) in [6.45, 7) is 6.16. The van der Waals surface area contributed by atoms with Crippen LogP contribution in [0.1, 0.15) is 24.5 Å². The Balaban J connectivity index is 1.92. The molecule has 4 heteroatoms. The molecule has 4 nitrogen and oxygen atoms in total. The summed E-state index contributed by atoms with van der Waals surface area (Å²) >= 11 is 0. The highest BCUT2D eigenvalue weighted by Gasteiger charge is 2.31. The van der Waals surface area contributed by atoms with Gasteiger partial charge in [-0.1, -0.05) is 29.8 Å². The van der Waals surface area contributed by atoms with E-state index in [9.17, 15) is 4.79 Å². The predicted molar refractivity (Wildman–Crippen MR) is 76.7 cm³/mol. The molecule has 1 aliphatic heterocycles. The maximum absolute atomic E-state index is 12.3. The summed E-state index contributed by atoms with van der Waals surface area (Å²) in [6.07, 6.45) is 0.870. The summed E-state index contributed by atoms with van der Waals surface area (Å²) in [5.41, 5.74) is 8.01. The van der Waals surface area contributed by atoms with Crippen LogP contribution >= 0.6 is 0 Å². The molecule has 1 aromatic rings. The Morgan fingerprint density at radius 1 is 1.42 bits per heavy atom. The molecule has 1 amide bonds. The Kier molecular flexibility index (Phi) is 4.56. The molecule has 0 bridgehead atoms. The molecule has 1 fully saturated rings. The topological polar surface area (TPSA) is 58.4 Å². The van der Waals surface area contributed by atoms with Gasteiger partial charge in [0.1, 0.15) is 0 Å². The molecule has 104 valence electrons. The second-order valence-corrected chi connectivity index (χ2v) is 5.39. The molecular weight excluding hydrogens is 238 g/mol. The third-order valence-corrected chi connectivity index (χ3v) is 3.63. The first-order valence-corrected chi connectivity index (χ1v) is 6.90. The van der Waals surface area contributed by atoms with E-state index in [4.69, 9.17) is 5.73 Å². The van der Waals surface area contributed by atoms with Crippen molar-refractivity contribution in [1.29, 1.82) is 0 Å². The van der Waals surface area contributed by atoms with Gasteiger partial charge in [-0.3, -0.25) is 4.79 Å². The van der Waals surface area contributed by atoms with Crippen LogP contribution in [0.5, 0.6) is 0 Å². The van der Waals surface area contributed by atoms with Crippen molar-refractivity contribution in [3.63, 3.8) is 0 Å². The van der Waals surface area contributed by atoms with Crippen LogP contribution in [0.3, 0.4) is 0 Å². The maximum atomic E-state index is 12.3. The van der Waals surface area contributed by atoms with E-state index in [1.807, 2.05) is 11.8 Å². The number of nitrogens with two attached hydrogens (primary N) is 1. The van der Waals surface area contributed by atoms with E-state index in [1.54, 1.807) is 0 Å². The number of carbonyl (C=O) groups excluding carboxylic acids is 1. The molecule has 1 saturated heterocycles. The molecule has 1 aliphatic rings. The molecule has 2 atom stereocenters. The van der Waals surface area contributed by atoms with Crippen molar-refractivity contribution in [3.05, 3.63) is 35.4 Å². The van der Waals surface area contributed by atoms with E-state index in [-0.39, 0.29) is 18.0 Å². The summed E-state index contributed by atoms with van der Waals surface area (Å²) in [4.78, 5) is 14.2. The molecule has 2 rings (SSSR count). The lowest BCUT2D eigenvalue weighted by molar-refractivity contribution is -0.130. The molecule has 0 radical (unpaired) electrons. The minimum Gasteiger partial charge on any atom is -0.337 e. The number of hydrogen-bond donors (Lipinski definition) is 2. The first-order chi connectivity index (χ1) is 9.10. The summed E-state index contributed by atoms with van der Waals surface area (Å²) in [7, 11) is 0. The van der Waals surface area contributed by atoms with Gasteiger partial charge in [0.15, 0.2) is 0 Å². The fourth-order valence-electron chi connectivity index (χ4n) is 2.38. The normalized spacial score (nSPS) is 20.9. The van der Waals surface area contributed by atoms with Crippen molar-refractivity contribution in [1.82, 2.24) is 10.2 Å². The van der Waals surface area contributed by atoms with Gasteiger partial charge in [0.2, 0.25) is 5.91 Å². The van der Waals surface area contributed by atoms with Crippen molar-refractivity contribution in [2.45, 2.75) is 38.9 Å². The Labute approximate surface area is 115 Å². The average molecular weight is 261 g/mol. The van der Waals surface area contributed by atoms with Gasteiger partial charge in [0.05, 0.1) is 6.04 Å². The monoisotopic (exact) mass is 261 g/mol. The Hall–Kier alpha value is -1.39. The highest BCUT2D eigenvalue weighted by molar-refractivity contribution is 5.84. The van der Waals surface area contributed by atoms with Gasteiger partial charge in [-0.15, -0.1) is 0 Å². The number of hydrogen-bond acceptors (Lipinski definition) is 3. The molecule has 1 unspecified atom stereocenters. The molecular formula is C15H23N3O. The maximum Gasteiger partial charge on any atom is 0.240 e. The molecule has 0 aliphatic carbocycles. The summed E-state index contributed by atoms with van der Waals surface area (Å²) in [6, 6.07) is 8.47. The zero-order chi connectivity index (χ0) is 13.8. The minimum atomic E-state index is -0.0657. The molecule has 0 aromatic heterocycles. The zero-order valence-electron chi connectivity index (χ0n) is 11.7. The molecule has 0 saturated carbocycles. The second-order valence-electron chi connectivity index (χ2n) is 5.39. The van der Waals surface area contributed by atoms with E-state index in [0.717, 1.165) is 13.0 Å². The van der Waals surface area contributed by atoms with Crippen LogP contribution in [0.15, 0.2) is 24.3 Å². The standard InChI is InChI=1S/C15H23N3O/c1-11-3-5-13(6-4-11)10-18-8-7-14(15(18)19)17-12(2)9-16/h3-6,12,14,17H,7-10,16H2,1-2H3/t12?,14-/m1/s1. The summed E-state index contributed by atoms with van der Waals surface area (Å²) in [5.74, 6) is 0.195. The Morgan fingerprint density at radius 2 is 2.11 bits per heavy atom. The van der Waals surface area contributed by atoms with E-state index in [0.29, 0.717) is 13.1 Å². The van der Waals surface area contributed by atoms with Crippen molar-refractivity contribution in [2.24, 2.45) is 5.73 Å². The van der Waals surface area contributed by atoms with E-state index in [2.05, 4.69) is 36.5 Å². The van der Waals surface area contributed by atoms with E-state index in [1.165, 1.54) is 11.1 Å². The van der Waals surface area contributed by atoms with Gasteiger partial charge >= 0.3 is 0 Å². The molecule has 1 aromatic carbocycles. The third kappa shape index (κ3) is 3.55.